The minimum absolute atomic E-state index is 0.0530. The van der Waals surface area contributed by atoms with Gasteiger partial charge in [0.05, 0.1) is 20.2 Å². The fraction of sp³-hybridized carbons (Fsp3) is 0.714. The van der Waals surface area contributed by atoms with Crippen LogP contribution in [0.15, 0.2) is 11.6 Å². The van der Waals surface area contributed by atoms with Gasteiger partial charge in [0.2, 0.25) is 5.91 Å². The van der Waals surface area contributed by atoms with Crippen molar-refractivity contribution < 1.29 is 14.3 Å². The van der Waals surface area contributed by atoms with Crippen LogP contribution >= 0.6 is 0 Å². The third-order valence-corrected chi connectivity index (χ3v) is 3.19. The molecule has 0 aromatic heterocycles. The molecule has 0 spiro atoms. The lowest BCUT2D eigenvalue weighted by molar-refractivity contribution is -0.141. The minimum atomic E-state index is -0.331. The number of rotatable bonds is 7. The monoisotopic (exact) mass is 268 g/mol. The van der Waals surface area contributed by atoms with Gasteiger partial charge < -0.3 is 10.1 Å². The number of carbonyl (C=O) groups excluding carboxylic acids is 2. The maximum atomic E-state index is 11.6. The molecule has 0 saturated carbocycles. The Morgan fingerprint density at radius 1 is 1.37 bits per heavy atom. The van der Waals surface area contributed by atoms with Crippen molar-refractivity contribution in [3.63, 3.8) is 0 Å². The van der Waals surface area contributed by atoms with Crippen molar-refractivity contribution in [3.8, 4) is 0 Å². The number of esters is 1. The molecule has 1 N–H and O–H groups in total. The number of allylic oxidation sites excluding steroid dienone is 1. The fourth-order valence-corrected chi connectivity index (χ4v) is 2.14. The summed E-state index contributed by atoms with van der Waals surface area (Å²) in [5.41, 5.74) is 1.45. The van der Waals surface area contributed by atoms with Crippen LogP contribution in [0.1, 0.15) is 32.1 Å². The number of likely N-dealkylation sites (N-methyl/N-ethyl adjacent to an activating group) is 1. The maximum Gasteiger partial charge on any atom is 0.319 e. The van der Waals surface area contributed by atoms with Gasteiger partial charge in [-0.3, -0.25) is 14.5 Å². The average Bonchev–Trinajstić information content (AvgIpc) is 2.39. The van der Waals surface area contributed by atoms with Crippen molar-refractivity contribution in [2.24, 2.45) is 0 Å². The van der Waals surface area contributed by atoms with Gasteiger partial charge in [0.25, 0.3) is 0 Å². The van der Waals surface area contributed by atoms with Crippen LogP contribution in [-0.4, -0.2) is 50.6 Å². The highest BCUT2D eigenvalue weighted by Crippen LogP contribution is 2.19. The van der Waals surface area contributed by atoms with E-state index in [1.165, 1.54) is 31.9 Å². The largest absolute Gasteiger partial charge is 0.468 e. The summed E-state index contributed by atoms with van der Waals surface area (Å²) < 4.78 is 4.54. The summed E-state index contributed by atoms with van der Waals surface area (Å²) in [6, 6.07) is 0. The Kier molecular flexibility index (Phi) is 7.18. The van der Waals surface area contributed by atoms with E-state index in [1.54, 1.807) is 11.9 Å². The summed E-state index contributed by atoms with van der Waals surface area (Å²) in [6.07, 6.45) is 8.12. The van der Waals surface area contributed by atoms with E-state index < -0.39 is 0 Å². The molecule has 0 fully saturated rings. The number of ether oxygens (including phenoxy) is 1. The molecule has 0 aromatic carbocycles. The zero-order chi connectivity index (χ0) is 14.1. The molecular formula is C14H24N2O3. The maximum absolute atomic E-state index is 11.6. The van der Waals surface area contributed by atoms with Gasteiger partial charge in [-0.15, -0.1) is 0 Å². The Hall–Kier alpha value is -1.36. The number of methoxy groups -OCH3 is 1. The van der Waals surface area contributed by atoms with E-state index in [4.69, 9.17) is 0 Å². The standard InChI is InChI=1S/C14H24N2O3/c1-16(11-14(18)19-2)10-13(17)15-9-8-12-6-4-3-5-7-12/h6H,3-5,7-11H2,1-2H3,(H,15,17). The number of hydrogen-bond donors (Lipinski definition) is 1. The van der Waals surface area contributed by atoms with E-state index in [-0.39, 0.29) is 25.0 Å². The molecule has 0 unspecified atom stereocenters. The molecular weight excluding hydrogens is 244 g/mol. The smallest absolute Gasteiger partial charge is 0.319 e. The highest BCUT2D eigenvalue weighted by Gasteiger charge is 2.10. The first kappa shape index (κ1) is 15.7. The quantitative estimate of drug-likeness (QED) is 0.555. The van der Waals surface area contributed by atoms with Crippen molar-refractivity contribution >= 4 is 11.9 Å². The lowest BCUT2D eigenvalue weighted by atomic mass is 9.97. The van der Waals surface area contributed by atoms with Crippen molar-refractivity contribution in [1.29, 1.82) is 0 Å². The molecule has 5 heteroatoms. The van der Waals surface area contributed by atoms with E-state index in [1.807, 2.05) is 0 Å². The minimum Gasteiger partial charge on any atom is -0.468 e. The normalized spacial score (nSPS) is 15.0. The molecule has 1 amide bonds. The van der Waals surface area contributed by atoms with Gasteiger partial charge in [-0.05, 0) is 39.2 Å². The average molecular weight is 268 g/mol. The molecule has 0 heterocycles. The van der Waals surface area contributed by atoms with Crippen LogP contribution in [0.5, 0.6) is 0 Å². The van der Waals surface area contributed by atoms with Crippen LogP contribution < -0.4 is 5.32 Å². The second kappa shape index (κ2) is 8.69. The van der Waals surface area contributed by atoms with Crippen molar-refractivity contribution in [2.45, 2.75) is 32.1 Å². The topological polar surface area (TPSA) is 58.6 Å². The summed E-state index contributed by atoms with van der Waals surface area (Å²) in [4.78, 5) is 24.3. The van der Waals surface area contributed by atoms with Crippen LogP contribution in [0.25, 0.3) is 0 Å². The molecule has 5 nitrogen and oxygen atoms in total. The first-order chi connectivity index (χ1) is 9.11. The zero-order valence-electron chi connectivity index (χ0n) is 11.9. The highest BCUT2D eigenvalue weighted by atomic mass is 16.5. The zero-order valence-corrected chi connectivity index (χ0v) is 11.9. The molecule has 19 heavy (non-hydrogen) atoms. The van der Waals surface area contributed by atoms with Gasteiger partial charge in [-0.1, -0.05) is 11.6 Å². The lowest BCUT2D eigenvalue weighted by Gasteiger charge is -2.16. The van der Waals surface area contributed by atoms with Crippen molar-refractivity contribution in [1.82, 2.24) is 10.2 Å². The van der Waals surface area contributed by atoms with Crippen molar-refractivity contribution in [2.75, 3.05) is 33.8 Å². The predicted molar refractivity (Wildman–Crippen MR) is 73.7 cm³/mol. The van der Waals surface area contributed by atoms with Gasteiger partial charge >= 0.3 is 5.97 Å². The molecule has 1 aliphatic carbocycles. The van der Waals surface area contributed by atoms with Crippen LogP contribution in [0.2, 0.25) is 0 Å². The number of nitrogens with one attached hydrogen (secondary N) is 1. The first-order valence-corrected chi connectivity index (χ1v) is 6.81. The molecule has 1 rings (SSSR count). The fourth-order valence-electron chi connectivity index (χ4n) is 2.14. The Morgan fingerprint density at radius 3 is 2.79 bits per heavy atom. The van der Waals surface area contributed by atoms with Crippen LogP contribution in [0, 0.1) is 0 Å². The molecule has 0 radical (unpaired) electrons. The first-order valence-electron chi connectivity index (χ1n) is 6.81. The lowest BCUT2D eigenvalue weighted by Crippen LogP contribution is -2.38. The Balaban J connectivity index is 2.13. The number of nitrogens with zero attached hydrogens (tertiary/aromatic N) is 1. The third kappa shape index (κ3) is 6.96. The Labute approximate surface area is 115 Å². The predicted octanol–water partition coefficient (Wildman–Crippen LogP) is 1.10. The Bertz CT molecular complexity index is 340. The highest BCUT2D eigenvalue weighted by molar-refractivity contribution is 5.79. The SMILES string of the molecule is COC(=O)CN(C)CC(=O)NCCC1=CCCCC1. The van der Waals surface area contributed by atoms with Crippen LogP contribution in [0.3, 0.4) is 0 Å². The van der Waals surface area contributed by atoms with E-state index in [2.05, 4.69) is 16.1 Å². The van der Waals surface area contributed by atoms with Crippen LogP contribution in [-0.2, 0) is 14.3 Å². The van der Waals surface area contributed by atoms with Gasteiger partial charge in [0.15, 0.2) is 0 Å². The van der Waals surface area contributed by atoms with E-state index in [9.17, 15) is 9.59 Å². The van der Waals surface area contributed by atoms with E-state index in [0.717, 1.165) is 12.8 Å². The van der Waals surface area contributed by atoms with Gasteiger partial charge in [0, 0.05) is 6.54 Å². The molecule has 108 valence electrons. The summed E-state index contributed by atoms with van der Waals surface area (Å²) in [5, 5.41) is 2.88. The number of hydrogen-bond acceptors (Lipinski definition) is 4. The molecule has 0 atom stereocenters. The molecule has 0 bridgehead atoms. The van der Waals surface area contributed by atoms with E-state index >= 15 is 0 Å². The number of carbonyl (C=O) groups is 2. The molecule has 0 aliphatic heterocycles. The second-order valence-electron chi connectivity index (χ2n) is 4.96. The van der Waals surface area contributed by atoms with Crippen LogP contribution in [0.4, 0.5) is 0 Å². The van der Waals surface area contributed by atoms with E-state index in [0.29, 0.717) is 6.54 Å². The Morgan fingerprint density at radius 2 is 2.16 bits per heavy atom. The number of amides is 1. The van der Waals surface area contributed by atoms with Gasteiger partial charge in [-0.2, -0.15) is 0 Å². The van der Waals surface area contributed by atoms with Gasteiger partial charge in [0.1, 0.15) is 0 Å². The third-order valence-electron chi connectivity index (χ3n) is 3.19. The molecule has 1 aliphatic rings. The summed E-state index contributed by atoms with van der Waals surface area (Å²) in [7, 11) is 3.06. The summed E-state index contributed by atoms with van der Waals surface area (Å²) in [6.45, 7) is 1.03. The molecule has 0 aromatic rings. The van der Waals surface area contributed by atoms with Gasteiger partial charge in [-0.25, -0.2) is 0 Å². The second-order valence-corrected chi connectivity index (χ2v) is 4.96. The summed E-state index contributed by atoms with van der Waals surface area (Å²) in [5.74, 6) is -0.384. The van der Waals surface area contributed by atoms with Crippen molar-refractivity contribution in [3.05, 3.63) is 11.6 Å². The summed E-state index contributed by atoms with van der Waals surface area (Å²) >= 11 is 0. The molecule has 0 saturated heterocycles.